The van der Waals surface area contributed by atoms with E-state index in [1.165, 1.54) is 186 Å². The lowest BCUT2D eigenvalue weighted by molar-refractivity contribution is -0.155. The van der Waals surface area contributed by atoms with Gasteiger partial charge < -0.3 is 14.2 Å². The van der Waals surface area contributed by atoms with Crippen molar-refractivity contribution >= 4 is 11.9 Å². The molecular formula is C57H104O5. The minimum atomic E-state index is -0.414. The van der Waals surface area contributed by atoms with Gasteiger partial charge in [-0.05, 0) is 83.5 Å². The van der Waals surface area contributed by atoms with Crippen LogP contribution < -0.4 is 0 Å². The lowest BCUT2D eigenvalue weighted by Crippen LogP contribution is -2.29. The Bertz CT molecular complexity index is 1030. The minimum absolute atomic E-state index is 0.139. The van der Waals surface area contributed by atoms with Gasteiger partial charge in [-0.2, -0.15) is 0 Å². The minimum Gasteiger partial charge on any atom is -0.463 e. The summed E-state index contributed by atoms with van der Waals surface area (Å²) in [5.41, 5.74) is 0. The number of hydrogen-bond acceptors (Lipinski definition) is 5. The van der Waals surface area contributed by atoms with Crippen LogP contribution in [0.2, 0.25) is 0 Å². The zero-order chi connectivity index (χ0) is 44.9. The molecule has 362 valence electrons. The first-order valence-electron chi connectivity index (χ1n) is 27.2. The van der Waals surface area contributed by atoms with Crippen molar-refractivity contribution in [2.45, 2.75) is 284 Å². The number of esters is 2. The third kappa shape index (κ3) is 50.5. The third-order valence-corrected chi connectivity index (χ3v) is 11.9. The number of rotatable bonds is 50. The van der Waals surface area contributed by atoms with E-state index in [2.05, 4.69) is 69.4 Å². The van der Waals surface area contributed by atoms with E-state index < -0.39 is 6.10 Å². The molecule has 0 aromatic carbocycles. The maximum Gasteiger partial charge on any atom is 0.305 e. The van der Waals surface area contributed by atoms with Crippen molar-refractivity contribution in [2.24, 2.45) is 0 Å². The first-order valence-corrected chi connectivity index (χ1v) is 27.2. The molecular weight excluding hydrogens is 765 g/mol. The van der Waals surface area contributed by atoms with E-state index in [-0.39, 0.29) is 25.2 Å². The summed E-state index contributed by atoms with van der Waals surface area (Å²) in [5, 5.41) is 0. The highest BCUT2D eigenvalue weighted by Crippen LogP contribution is 2.15. The molecule has 0 aliphatic rings. The Morgan fingerprint density at radius 3 is 1.05 bits per heavy atom. The number of carbonyl (C=O) groups excluding carboxylic acids is 2. The highest BCUT2D eigenvalue weighted by Gasteiger charge is 2.16. The molecule has 0 aromatic heterocycles. The summed E-state index contributed by atoms with van der Waals surface area (Å²) in [4.78, 5) is 25.2. The molecule has 0 N–H and O–H groups in total. The molecule has 5 heteroatoms. The highest BCUT2D eigenvalue weighted by atomic mass is 16.6. The number of ether oxygens (including phenoxy) is 3. The van der Waals surface area contributed by atoms with Crippen LogP contribution in [-0.4, -0.2) is 37.9 Å². The molecule has 0 amide bonds. The molecule has 0 bridgehead atoms. The van der Waals surface area contributed by atoms with Crippen molar-refractivity contribution in [1.82, 2.24) is 0 Å². The predicted octanol–water partition coefficient (Wildman–Crippen LogP) is 18.3. The zero-order valence-electron chi connectivity index (χ0n) is 41.6. The van der Waals surface area contributed by atoms with Crippen molar-refractivity contribution in [3.05, 3.63) is 48.6 Å². The Balaban J connectivity index is 4.30. The predicted molar refractivity (Wildman–Crippen MR) is 270 cm³/mol. The summed E-state index contributed by atoms with van der Waals surface area (Å²) >= 11 is 0. The number of unbranched alkanes of at least 4 members (excludes halogenated alkanes) is 31. The van der Waals surface area contributed by atoms with Crippen LogP contribution in [0, 0.1) is 0 Å². The molecule has 0 aliphatic heterocycles. The monoisotopic (exact) mass is 869 g/mol. The van der Waals surface area contributed by atoms with E-state index in [0.29, 0.717) is 19.4 Å². The van der Waals surface area contributed by atoms with E-state index in [0.717, 1.165) is 57.8 Å². The van der Waals surface area contributed by atoms with Gasteiger partial charge in [0.1, 0.15) is 19.3 Å². The molecule has 0 spiro atoms. The van der Waals surface area contributed by atoms with Crippen molar-refractivity contribution in [2.75, 3.05) is 19.8 Å². The van der Waals surface area contributed by atoms with Crippen LogP contribution in [0.5, 0.6) is 0 Å². The largest absolute Gasteiger partial charge is 0.463 e. The molecule has 0 aliphatic carbocycles. The summed E-state index contributed by atoms with van der Waals surface area (Å²) in [6.07, 6.45) is 65.7. The Kier molecular flexibility index (Phi) is 51.4. The summed E-state index contributed by atoms with van der Waals surface area (Å²) in [6.45, 7) is 7.68. The number of hydrogen-bond donors (Lipinski definition) is 0. The van der Waals surface area contributed by atoms with E-state index in [4.69, 9.17) is 14.2 Å². The van der Waals surface area contributed by atoms with E-state index in [1.54, 1.807) is 0 Å². The van der Waals surface area contributed by atoms with Crippen molar-refractivity contribution in [3.8, 4) is 0 Å². The van der Waals surface area contributed by atoms with Crippen LogP contribution in [0.15, 0.2) is 48.6 Å². The lowest BCUT2D eigenvalue weighted by Gasteiger charge is -2.18. The summed E-state index contributed by atoms with van der Waals surface area (Å²) in [5.74, 6) is -0.372. The SMILES string of the molecule is CCCCC/C=C\C/C=C\C/C=C\CCCCC(=O)OC[C@H](COC(=O)CCCCCCCCC/C=C\CCCCCC)OCCCCCCCCCCCCCCCCCC. The van der Waals surface area contributed by atoms with Crippen LogP contribution in [0.1, 0.15) is 278 Å². The van der Waals surface area contributed by atoms with Crippen molar-refractivity contribution in [1.29, 1.82) is 0 Å². The molecule has 0 unspecified atom stereocenters. The molecule has 0 fully saturated rings. The van der Waals surface area contributed by atoms with Gasteiger partial charge in [0.05, 0.1) is 0 Å². The summed E-state index contributed by atoms with van der Waals surface area (Å²) < 4.78 is 17.4. The van der Waals surface area contributed by atoms with Gasteiger partial charge in [0.15, 0.2) is 0 Å². The van der Waals surface area contributed by atoms with Crippen LogP contribution in [0.25, 0.3) is 0 Å². The molecule has 0 rings (SSSR count). The Morgan fingerprint density at radius 1 is 0.339 bits per heavy atom. The zero-order valence-corrected chi connectivity index (χ0v) is 41.6. The molecule has 1 atom stereocenters. The van der Waals surface area contributed by atoms with Gasteiger partial charge in [-0.25, -0.2) is 0 Å². The topological polar surface area (TPSA) is 61.8 Å². The van der Waals surface area contributed by atoms with Gasteiger partial charge in [-0.1, -0.05) is 230 Å². The summed E-state index contributed by atoms with van der Waals surface area (Å²) in [7, 11) is 0. The van der Waals surface area contributed by atoms with E-state index in [9.17, 15) is 9.59 Å². The summed E-state index contributed by atoms with van der Waals surface area (Å²) in [6, 6.07) is 0. The highest BCUT2D eigenvalue weighted by molar-refractivity contribution is 5.69. The molecule has 0 saturated heterocycles. The molecule has 0 saturated carbocycles. The first-order chi connectivity index (χ1) is 30.6. The molecule has 0 aromatic rings. The van der Waals surface area contributed by atoms with Gasteiger partial charge >= 0.3 is 11.9 Å². The smallest absolute Gasteiger partial charge is 0.305 e. The van der Waals surface area contributed by atoms with Gasteiger partial charge in [-0.15, -0.1) is 0 Å². The van der Waals surface area contributed by atoms with Crippen molar-refractivity contribution in [3.63, 3.8) is 0 Å². The van der Waals surface area contributed by atoms with E-state index >= 15 is 0 Å². The van der Waals surface area contributed by atoms with Gasteiger partial charge in [0.2, 0.25) is 0 Å². The number of carbonyl (C=O) groups is 2. The van der Waals surface area contributed by atoms with Crippen LogP contribution in [0.3, 0.4) is 0 Å². The Morgan fingerprint density at radius 2 is 0.613 bits per heavy atom. The maximum atomic E-state index is 12.6. The second kappa shape index (κ2) is 53.2. The van der Waals surface area contributed by atoms with Gasteiger partial charge in [-0.3, -0.25) is 9.59 Å². The second-order valence-corrected chi connectivity index (χ2v) is 18.1. The van der Waals surface area contributed by atoms with Crippen LogP contribution in [0.4, 0.5) is 0 Å². The average molecular weight is 869 g/mol. The van der Waals surface area contributed by atoms with E-state index in [1.807, 2.05) is 0 Å². The fourth-order valence-electron chi connectivity index (χ4n) is 7.72. The van der Waals surface area contributed by atoms with Gasteiger partial charge in [0.25, 0.3) is 0 Å². The standard InChI is InChI=1S/C57H104O5/c1-4-7-10-13-16-19-22-25-28-31-34-37-40-43-46-49-52-60-55(53-61-56(58)50-47-44-41-38-35-32-29-26-23-20-17-14-11-8-5-2)54-62-57(59)51-48-45-42-39-36-33-30-27-24-21-18-15-12-9-6-3/h17,20-21,24,26,29,35,38,55H,4-16,18-19,22-23,25,27-28,30-34,36-37,39-54H2,1-3H3/b20-17-,24-21-,29-26-,38-35-/t55-/m1/s1. The molecule has 62 heavy (non-hydrogen) atoms. The van der Waals surface area contributed by atoms with Gasteiger partial charge in [0, 0.05) is 19.4 Å². The molecule has 0 heterocycles. The Hall–Kier alpha value is -2.14. The lowest BCUT2D eigenvalue weighted by atomic mass is 10.0. The normalized spacial score (nSPS) is 12.5. The molecule has 0 radical (unpaired) electrons. The average Bonchev–Trinajstić information content (AvgIpc) is 3.28. The second-order valence-electron chi connectivity index (χ2n) is 18.1. The fraction of sp³-hybridized carbons (Fsp3) is 0.825. The number of allylic oxidation sites excluding steroid dienone is 8. The van der Waals surface area contributed by atoms with Crippen LogP contribution >= 0.6 is 0 Å². The van der Waals surface area contributed by atoms with Crippen molar-refractivity contribution < 1.29 is 23.8 Å². The Labute approximate surface area is 386 Å². The fourth-order valence-corrected chi connectivity index (χ4v) is 7.72. The quantitative estimate of drug-likeness (QED) is 0.0346. The third-order valence-electron chi connectivity index (χ3n) is 11.9. The molecule has 5 nitrogen and oxygen atoms in total. The maximum absolute atomic E-state index is 12.6. The van der Waals surface area contributed by atoms with Crippen LogP contribution in [-0.2, 0) is 23.8 Å². The first kappa shape index (κ1) is 59.9.